The molecule has 0 atom stereocenters. The fourth-order valence-electron chi connectivity index (χ4n) is 2.70. The Kier molecular flexibility index (Phi) is 4.66. The zero-order chi connectivity index (χ0) is 17.8. The van der Waals surface area contributed by atoms with Crippen LogP contribution in [-0.4, -0.2) is 25.5 Å². The van der Waals surface area contributed by atoms with Gasteiger partial charge < -0.3 is 14.4 Å². The maximum atomic E-state index is 12.4. The molecule has 0 radical (unpaired) electrons. The summed E-state index contributed by atoms with van der Waals surface area (Å²) in [7, 11) is 1.44. The number of esters is 1. The van der Waals surface area contributed by atoms with Crippen LogP contribution in [0, 0.1) is 11.3 Å². The number of carbonyl (C=O) groups excluding carboxylic acids is 2. The molecule has 1 heterocycles. The number of methoxy groups -OCH3 is 1. The third kappa shape index (κ3) is 3.45. The average molecular weight is 336 g/mol. The summed E-state index contributed by atoms with van der Waals surface area (Å²) in [5.41, 5.74) is 1.43. The third-order valence-electron chi connectivity index (χ3n) is 3.96. The molecule has 0 bridgehead atoms. The Labute approximate surface area is 145 Å². The van der Waals surface area contributed by atoms with Gasteiger partial charge in [0.25, 0.3) is 0 Å². The second kappa shape index (κ2) is 7.05. The van der Waals surface area contributed by atoms with Crippen LogP contribution in [0.25, 0.3) is 0 Å². The first-order chi connectivity index (χ1) is 12.1. The van der Waals surface area contributed by atoms with Crippen molar-refractivity contribution in [3.8, 4) is 17.6 Å². The van der Waals surface area contributed by atoms with Crippen LogP contribution in [0.4, 0.5) is 5.69 Å². The summed E-state index contributed by atoms with van der Waals surface area (Å²) >= 11 is 0. The molecule has 3 rings (SSSR count). The van der Waals surface area contributed by atoms with Gasteiger partial charge in [0.2, 0.25) is 5.91 Å². The van der Waals surface area contributed by atoms with Crippen LogP contribution in [0.5, 0.6) is 11.5 Å². The topological polar surface area (TPSA) is 79.6 Å². The van der Waals surface area contributed by atoms with Gasteiger partial charge in [0.1, 0.15) is 0 Å². The van der Waals surface area contributed by atoms with Crippen LogP contribution in [0.2, 0.25) is 0 Å². The third-order valence-corrected chi connectivity index (χ3v) is 3.96. The molecule has 1 fully saturated rings. The smallest absolute Gasteiger partial charge is 0.343 e. The van der Waals surface area contributed by atoms with E-state index in [4.69, 9.17) is 14.7 Å². The molecule has 1 amide bonds. The van der Waals surface area contributed by atoms with E-state index < -0.39 is 5.97 Å². The number of rotatable bonds is 4. The maximum absolute atomic E-state index is 12.4. The van der Waals surface area contributed by atoms with Crippen molar-refractivity contribution < 1.29 is 19.1 Å². The standard InChI is InChI=1S/C19H16N2O4/c1-24-17-10-13(12-20)7-8-16(17)25-19(23)14-4-2-5-15(11-14)21-9-3-6-18(21)22/h2,4-5,7-8,10-11H,3,6,9H2,1H3. The predicted molar refractivity (Wildman–Crippen MR) is 90.7 cm³/mol. The Morgan fingerprint density at radius 2 is 2.04 bits per heavy atom. The molecule has 126 valence electrons. The second-order valence-corrected chi connectivity index (χ2v) is 5.57. The van der Waals surface area contributed by atoms with Crippen LogP contribution < -0.4 is 14.4 Å². The molecule has 2 aromatic carbocycles. The van der Waals surface area contributed by atoms with E-state index in [1.807, 2.05) is 6.07 Å². The zero-order valence-corrected chi connectivity index (χ0v) is 13.7. The van der Waals surface area contributed by atoms with Gasteiger partial charge in [0.05, 0.1) is 24.3 Å². The fraction of sp³-hybridized carbons (Fsp3) is 0.211. The quantitative estimate of drug-likeness (QED) is 0.633. The van der Waals surface area contributed by atoms with Crippen LogP contribution in [0.1, 0.15) is 28.8 Å². The van der Waals surface area contributed by atoms with Crippen LogP contribution in [0.3, 0.4) is 0 Å². The molecule has 0 N–H and O–H groups in total. The molecule has 0 aromatic heterocycles. The van der Waals surface area contributed by atoms with Crippen molar-refractivity contribution >= 4 is 17.6 Å². The van der Waals surface area contributed by atoms with E-state index in [2.05, 4.69) is 0 Å². The van der Waals surface area contributed by atoms with Crippen molar-refractivity contribution in [1.29, 1.82) is 5.26 Å². The van der Waals surface area contributed by atoms with Crippen molar-refractivity contribution in [3.05, 3.63) is 53.6 Å². The molecule has 0 unspecified atom stereocenters. The number of ether oxygens (including phenoxy) is 2. The Hall–Kier alpha value is -3.33. The van der Waals surface area contributed by atoms with Crippen LogP contribution in [0.15, 0.2) is 42.5 Å². The molecule has 1 saturated heterocycles. The largest absolute Gasteiger partial charge is 0.493 e. The number of hydrogen-bond donors (Lipinski definition) is 0. The van der Waals surface area contributed by atoms with Gasteiger partial charge in [-0.1, -0.05) is 6.07 Å². The minimum atomic E-state index is -0.559. The Bertz CT molecular complexity index is 870. The van der Waals surface area contributed by atoms with Crippen molar-refractivity contribution in [2.45, 2.75) is 12.8 Å². The summed E-state index contributed by atoms with van der Waals surface area (Å²) < 4.78 is 10.6. The number of carbonyl (C=O) groups is 2. The molecule has 1 aliphatic heterocycles. The molecule has 0 aliphatic carbocycles. The number of amides is 1. The summed E-state index contributed by atoms with van der Waals surface area (Å²) in [6.45, 7) is 0.654. The predicted octanol–water partition coefficient (Wildman–Crippen LogP) is 2.91. The summed E-state index contributed by atoms with van der Waals surface area (Å²) in [6, 6.07) is 13.3. The maximum Gasteiger partial charge on any atom is 0.343 e. The van der Waals surface area contributed by atoms with E-state index in [9.17, 15) is 9.59 Å². The van der Waals surface area contributed by atoms with Gasteiger partial charge in [0.15, 0.2) is 11.5 Å². The van der Waals surface area contributed by atoms with Crippen molar-refractivity contribution in [3.63, 3.8) is 0 Å². The highest BCUT2D eigenvalue weighted by atomic mass is 16.6. The molecular weight excluding hydrogens is 320 g/mol. The molecular formula is C19H16N2O4. The summed E-state index contributed by atoms with van der Waals surface area (Å²) in [5, 5.41) is 8.92. The lowest BCUT2D eigenvalue weighted by molar-refractivity contribution is -0.117. The Balaban J connectivity index is 1.82. The molecule has 0 spiro atoms. The summed E-state index contributed by atoms with van der Waals surface area (Å²) in [4.78, 5) is 26.0. The number of anilines is 1. The van der Waals surface area contributed by atoms with Crippen molar-refractivity contribution in [1.82, 2.24) is 0 Å². The van der Waals surface area contributed by atoms with Crippen LogP contribution in [-0.2, 0) is 4.79 Å². The highest BCUT2D eigenvalue weighted by Crippen LogP contribution is 2.29. The lowest BCUT2D eigenvalue weighted by Gasteiger charge is -2.16. The van der Waals surface area contributed by atoms with Gasteiger partial charge in [-0.15, -0.1) is 0 Å². The SMILES string of the molecule is COc1cc(C#N)ccc1OC(=O)c1cccc(N2CCCC2=O)c1. The fourth-order valence-corrected chi connectivity index (χ4v) is 2.70. The first kappa shape index (κ1) is 16.5. The highest BCUT2D eigenvalue weighted by Gasteiger charge is 2.22. The first-order valence-corrected chi connectivity index (χ1v) is 7.83. The Morgan fingerprint density at radius 3 is 2.72 bits per heavy atom. The van der Waals surface area contributed by atoms with Crippen molar-refractivity contribution in [2.75, 3.05) is 18.6 Å². The van der Waals surface area contributed by atoms with Gasteiger partial charge in [-0.25, -0.2) is 4.79 Å². The molecule has 1 aliphatic rings. The summed E-state index contributed by atoms with van der Waals surface area (Å²) in [6.07, 6.45) is 1.34. The van der Waals surface area contributed by atoms with Gasteiger partial charge in [-0.2, -0.15) is 5.26 Å². The normalized spacial score (nSPS) is 13.4. The number of hydrogen-bond acceptors (Lipinski definition) is 5. The van der Waals surface area contributed by atoms with Gasteiger partial charge >= 0.3 is 5.97 Å². The molecule has 6 heteroatoms. The van der Waals surface area contributed by atoms with Gasteiger partial charge in [0, 0.05) is 24.7 Å². The van der Waals surface area contributed by atoms with E-state index >= 15 is 0 Å². The number of nitrogens with zero attached hydrogens (tertiary/aromatic N) is 2. The molecule has 25 heavy (non-hydrogen) atoms. The lowest BCUT2D eigenvalue weighted by Crippen LogP contribution is -2.24. The van der Waals surface area contributed by atoms with Crippen molar-refractivity contribution in [2.24, 2.45) is 0 Å². The van der Waals surface area contributed by atoms with E-state index in [1.54, 1.807) is 35.2 Å². The van der Waals surface area contributed by atoms with Gasteiger partial charge in [-0.05, 0) is 36.8 Å². The van der Waals surface area contributed by atoms with E-state index in [-0.39, 0.29) is 11.7 Å². The van der Waals surface area contributed by atoms with E-state index in [1.165, 1.54) is 19.2 Å². The first-order valence-electron chi connectivity index (χ1n) is 7.83. The number of nitriles is 1. The minimum Gasteiger partial charge on any atom is -0.493 e. The Morgan fingerprint density at radius 1 is 1.20 bits per heavy atom. The van der Waals surface area contributed by atoms with Crippen LogP contribution >= 0.6 is 0 Å². The van der Waals surface area contributed by atoms with Gasteiger partial charge in [-0.3, -0.25) is 4.79 Å². The highest BCUT2D eigenvalue weighted by molar-refractivity contribution is 5.98. The lowest BCUT2D eigenvalue weighted by atomic mass is 10.2. The second-order valence-electron chi connectivity index (χ2n) is 5.57. The number of benzene rings is 2. The summed E-state index contributed by atoms with van der Waals surface area (Å²) in [5.74, 6) is 0.0307. The minimum absolute atomic E-state index is 0.0549. The average Bonchev–Trinajstić information content (AvgIpc) is 3.08. The van der Waals surface area contributed by atoms with E-state index in [0.717, 1.165) is 6.42 Å². The molecule has 2 aromatic rings. The molecule has 6 nitrogen and oxygen atoms in total. The zero-order valence-electron chi connectivity index (χ0n) is 13.7. The van der Waals surface area contributed by atoms with E-state index in [0.29, 0.717) is 35.5 Å². The molecule has 0 saturated carbocycles. The monoisotopic (exact) mass is 336 g/mol.